The molecule has 0 amide bonds. The van der Waals surface area contributed by atoms with Crippen LogP contribution in [-0.4, -0.2) is 0 Å². The molecule has 0 heteroatoms. The zero-order valence-corrected chi connectivity index (χ0v) is 13.3. The van der Waals surface area contributed by atoms with Gasteiger partial charge in [-0.05, 0) is 56.9 Å². The summed E-state index contributed by atoms with van der Waals surface area (Å²) in [7, 11) is 0. The van der Waals surface area contributed by atoms with Gasteiger partial charge in [0.2, 0.25) is 0 Å². The number of hydrogen-bond acceptors (Lipinski definition) is 0. The molecule has 2 saturated carbocycles. The predicted octanol–water partition coefficient (Wildman–Crippen LogP) is 6.88. The minimum absolute atomic E-state index is 1.26. The van der Waals surface area contributed by atoms with Gasteiger partial charge in [-0.1, -0.05) is 68.4 Å². The Morgan fingerprint density at radius 2 is 0.850 bits per heavy atom. The summed E-state index contributed by atoms with van der Waals surface area (Å²) in [4.78, 5) is 0. The number of allylic oxidation sites excluding steroid dienone is 5. The summed E-state index contributed by atoms with van der Waals surface area (Å²) in [5.41, 5.74) is 4.56. The van der Waals surface area contributed by atoms with Gasteiger partial charge in [0.05, 0.1) is 0 Å². The van der Waals surface area contributed by atoms with Crippen LogP contribution in [0.1, 0.15) is 89.9 Å². The summed E-state index contributed by atoms with van der Waals surface area (Å²) in [6.07, 6.45) is 24.1. The first-order valence-electron chi connectivity index (χ1n) is 8.92. The maximum atomic E-state index is 4.30. The minimum atomic E-state index is 1.26. The van der Waals surface area contributed by atoms with E-state index in [0.29, 0.717) is 0 Å². The molecule has 0 bridgehead atoms. The van der Waals surface area contributed by atoms with E-state index in [1.165, 1.54) is 95.5 Å². The van der Waals surface area contributed by atoms with Crippen molar-refractivity contribution < 1.29 is 0 Å². The summed E-state index contributed by atoms with van der Waals surface area (Å²) in [5.74, 6) is 0. The maximum absolute atomic E-state index is 4.30. The molecule has 0 spiro atoms. The highest BCUT2D eigenvalue weighted by molar-refractivity contribution is 5.33. The molecule has 0 aromatic rings. The Morgan fingerprint density at radius 1 is 0.550 bits per heavy atom. The Labute approximate surface area is 126 Å². The van der Waals surface area contributed by atoms with Crippen LogP contribution in [0, 0.1) is 0 Å². The van der Waals surface area contributed by atoms with E-state index in [9.17, 15) is 0 Å². The van der Waals surface area contributed by atoms with Crippen LogP contribution in [0.15, 0.2) is 35.5 Å². The van der Waals surface area contributed by atoms with Crippen molar-refractivity contribution in [2.75, 3.05) is 0 Å². The quantitative estimate of drug-likeness (QED) is 0.513. The minimum Gasteiger partial charge on any atom is -0.0918 e. The summed E-state index contributed by atoms with van der Waals surface area (Å²) >= 11 is 0. The second kappa shape index (κ2) is 9.21. The summed E-state index contributed by atoms with van der Waals surface area (Å²) in [6, 6.07) is 0. The Kier molecular flexibility index (Phi) is 7.19. The normalized spacial score (nSPS) is 22.2. The topological polar surface area (TPSA) is 0 Å². The lowest BCUT2D eigenvalue weighted by atomic mass is 9.92. The first kappa shape index (κ1) is 15.6. The highest BCUT2D eigenvalue weighted by atomic mass is 14.1. The molecule has 2 aliphatic rings. The van der Waals surface area contributed by atoms with Crippen molar-refractivity contribution in [2.45, 2.75) is 89.9 Å². The smallest absolute Gasteiger partial charge is 0.0317 e. The lowest BCUT2D eigenvalue weighted by molar-refractivity contribution is 0.567. The molecule has 0 heterocycles. The predicted molar refractivity (Wildman–Crippen MR) is 89.9 cm³/mol. The molecule has 2 rings (SSSR count). The van der Waals surface area contributed by atoms with Gasteiger partial charge in [0.25, 0.3) is 0 Å². The monoisotopic (exact) mass is 272 g/mol. The van der Waals surface area contributed by atoms with Crippen molar-refractivity contribution >= 4 is 0 Å². The molecule has 0 aromatic heterocycles. The molecular formula is C20H32. The van der Waals surface area contributed by atoms with Crippen molar-refractivity contribution in [3.63, 3.8) is 0 Å². The van der Waals surface area contributed by atoms with Crippen LogP contribution in [-0.2, 0) is 0 Å². The molecule has 0 saturated heterocycles. The van der Waals surface area contributed by atoms with E-state index in [1.54, 1.807) is 11.1 Å². The van der Waals surface area contributed by atoms with Crippen molar-refractivity contribution in [1.82, 2.24) is 0 Å². The van der Waals surface area contributed by atoms with Crippen LogP contribution in [0.5, 0.6) is 0 Å². The van der Waals surface area contributed by atoms with Gasteiger partial charge in [0, 0.05) is 0 Å². The van der Waals surface area contributed by atoms with Gasteiger partial charge >= 0.3 is 0 Å². The third kappa shape index (κ3) is 6.11. The highest BCUT2D eigenvalue weighted by Crippen LogP contribution is 2.25. The lowest BCUT2D eigenvalue weighted by Crippen LogP contribution is -1.94. The van der Waals surface area contributed by atoms with E-state index in [-0.39, 0.29) is 0 Å². The lowest BCUT2D eigenvalue weighted by Gasteiger charge is -2.14. The molecule has 2 fully saturated rings. The molecule has 0 nitrogen and oxygen atoms in total. The van der Waals surface area contributed by atoms with E-state index in [0.717, 1.165) is 0 Å². The fourth-order valence-electron chi connectivity index (χ4n) is 3.57. The molecule has 0 unspecified atom stereocenters. The second-order valence-electron chi connectivity index (χ2n) is 6.72. The van der Waals surface area contributed by atoms with E-state index < -0.39 is 0 Å². The van der Waals surface area contributed by atoms with Gasteiger partial charge in [0.15, 0.2) is 0 Å². The standard InChI is InChI=1S/C20H32/c1-18(16-19-12-8-4-2-5-9-13-19)17-20-14-10-6-3-7-11-15-20/h16-17H,1-15H2. The van der Waals surface area contributed by atoms with E-state index in [1.807, 2.05) is 0 Å². The van der Waals surface area contributed by atoms with Crippen molar-refractivity contribution in [1.29, 1.82) is 0 Å². The van der Waals surface area contributed by atoms with Crippen molar-refractivity contribution in [3.05, 3.63) is 35.5 Å². The molecular weight excluding hydrogens is 240 g/mol. The fourth-order valence-corrected chi connectivity index (χ4v) is 3.57. The van der Waals surface area contributed by atoms with E-state index >= 15 is 0 Å². The Balaban J connectivity index is 1.91. The van der Waals surface area contributed by atoms with E-state index in [4.69, 9.17) is 0 Å². The number of rotatable bonds is 2. The fraction of sp³-hybridized carbons (Fsp3) is 0.700. The molecule has 0 aromatic carbocycles. The van der Waals surface area contributed by atoms with Crippen LogP contribution in [0.3, 0.4) is 0 Å². The highest BCUT2D eigenvalue weighted by Gasteiger charge is 2.05. The van der Waals surface area contributed by atoms with Crippen molar-refractivity contribution in [2.24, 2.45) is 0 Å². The molecule has 0 radical (unpaired) electrons. The third-order valence-corrected chi connectivity index (χ3v) is 4.77. The summed E-state index contributed by atoms with van der Waals surface area (Å²) < 4.78 is 0. The molecule has 2 aliphatic carbocycles. The van der Waals surface area contributed by atoms with Gasteiger partial charge in [-0.25, -0.2) is 0 Å². The SMILES string of the molecule is C=C(C=C1CCCCCCC1)C=C1CCCCCCC1. The molecule has 20 heavy (non-hydrogen) atoms. The summed E-state index contributed by atoms with van der Waals surface area (Å²) in [5, 5.41) is 0. The Morgan fingerprint density at radius 3 is 1.20 bits per heavy atom. The molecule has 0 atom stereocenters. The zero-order chi connectivity index (χ0) is 14.0. The van der Waals surface area contributed by atoms with Gasteiger partial charge in [-0.2, -0.15) is 0 Å². The van der Waals surface area contributed by atoms with Gasteiger partial charge in [-0.15, -0.1) is 0 Å². The number of hydrogen-bond donors (Lipinski definition) is 0. The van der Waals surface area contributed by atoms with Crippen LogP contribution >= 0.6 is 0 Å². The Bertz CT molecular complexity index is 302. The molecule has 0 aliphatic heterocycles. The van der Waals surface area contributed by atoms with Crippen LogP contribution in [0.2, 0.25) is 0 Å². The third-order valence-electron chi connectivity index (χ3n) is 4.77. The second-order valence-corrected chi connectivity index (χ2v) is 6.72. The first-order chi connectivity index (χ1) is 9.84. The van der Waals surface area contributed by atoms with Crippen LogP contribution in [0.25, 0.3) is 0 Å². The maximum Gasteiger partial charge on any atom is -0.0317 e. The summed E-state index contributed by atoms with van der Waals surface area (Å²) in [6.45, 7) is 4.30. The average molecular weight is 272 g/mol. The van der Waals surface area contributed by atoms with Gasteiger partial charge < -0.3 is 0 Å². The largest absolute Gasteiger partial charge is 0.0918 e. The molecule has 0 N–H and O–H groups in total. The average Bonchev–Trinajstić information content (AvgIpc) is 2.35. The van der Waals surface area contributed by atoms with Crippen LogP contribution in [0.4, 0.5) is 0 Å². The Hall–Kier alpha value is -0.780. The van der Waals surface area contributed by atoms with E-state index in [2.05, 4.69) is 18.7 Å². The molecule has 112 valence electrons. The van der Waals surface area contributed by atoms with Gasteiger partial charge in [-0.3, -0.25) is 0 Å². The zero-order valence-electron chi connectivity index (χ0n) is 13.3. The van der Waals surface area contributed by atoms with Crippen molar-refractivity contribution in [3.8, 4) is 0 Å². The van der Waals surface area contributed by atoms with Crippen LogP contribution < -0.4 is 0 Å². The van der Waals surface area contributed by atoms with Gasteiger partial charge in [0.1, 0.15) is 0 Å². The first-order valence-corrected chi connectivity index (χ1v) is 8.92.